The summed E-state index contributed by atoms with van der Waals surface area (Å²) in [5.74, 6) is -0.241. The van der Waals surface area contributed by atoms with Crippen molar-refractivity contribution >= 4 is 5.91 Å². The van der Waals surface area contributed by atoms with Crippen LogP contribution < -0.4 is 5.32 Å². The highest BCUT2D eigenvalue weighted by atomic mass is 16.3. The molecule has 0 aliphatic carbocycles. The highest BCUT2D eigenvalue weighted by molar-refractivity contribution is 5.95. The van der Waals surface area contributed by atoms with Crippen LogP contribution in [0.4, 0.5) is 0 Å². The molecule has 0 radical (unpaired) electrons. The first kappa shape index (κ1) is 12.5. The quantitative estimate of drug-likeness (QED) is 0.570. The van der Waals surface area contributed by atoms with Gasteiger partial charge in [0.15, 0.2) is 0 Å². The van der Waals surface area contributed by atoms with E-state index in [9.17, 15) is 9.90 Å². The number of hydrogen-bond acceptors (Lipinski definition) is 4. The van der Waals surface area contributed by atoms with Gasteiger partial charge in [0.1, 0.15) is 5.75 Å². The van der Waals surface area contributed by atoms with Crippen LogP contribution in [-0.4, -0.2) is 40.5 Å². The molecule has 0 aliphatic rings. The summed E-state index contributed by atoms with van der Waals surface area (Å²) in [6.45, 7) is 1.31. The molecule has 0 saturated heterocycles. The zero-order valence-electron chi connectivity index (χ0n) is 8.97. The standard InChI is InChI=1S/C11H15NO4/c1-7-4-8(14)2-3-10(7)11(16)12-5-9(15)6-13/h2-4,9,13-15H,5-6H2,1H3,(H,12,16). The first-order chi connectivity index (χ1) is 7.54. The van der Waals surface area contributed by atoms with Gasteiger partial charge in [-0.05, 0) is 30.7 Å². The Morgan fingerprint density at radius 3 is 2.75 bits per heavy atom. The maximum atomic E-state index is 11.6. The van der Waals surface area contributed by atoms with E-state index in [0.717, 1.165) is 0 Å². The molecule has 5 nitrogen and oxygen atoms in total. The third-order valence-corrected chi connectivity index (χ3v) is 2.16. The van der Waals surface area contributed by atoms with Crippen molar-refractivity contribution in [2.24, 2.45) is 0 Å². The van der Waals surface area contributed by atoms with Crippen molar-refractivity contribution in [2.45, 2.75) is 13.0 Å². The Balaban J connectivity index is 2.66. The molecule has 88 valence electrons. The third kappa shape index (κ3) is 3.22. The second-order valence-corrected chi connectivity index (χ2v) is 3.55. The molecule has 16 heavy (non-hydrogen) atoms. The molecule has 1 amide bonds. The average molecular weight is 225 g/mol. The Morgan fingerprint density at radius 1 is 1.50 bits per heavy atom. The molecule has 1 atom stereocenters. The number of hydrogen-bond donors (Lipinski definition) is 4. The molecular formula is C11H15NO4. The van der Waals surface area contributed by atoms with Gasteiger partial charge in [0.05, 0.1) is 12.7 Å². The van der Waals surface area contributed by atoms with Gasteiger partial charge in [0, 0.05) is 12.1 Å². The van der Waals surface area contributed by atoms with Crippen molar-refractivity contribution in [1.29, 1.82) is 0 Å². The summed E-state index contributed by atoms with van der Waals surface area (Å²) >= 11 is 0. The zero-order chi connectivity index (χ0) is 12.1. The van der Waals surface area contributed by atoms with Crippen molar-refractivity contribution < 1.29 is 20.1 Å². The lowest BCUT2D eigenvalue weighted by Crippen LogP contribution is -2.34. The molecule has 0 spiro atoms. The number of phenols is 1. The number of aliphatic hydroxyl groups excluding tert-OH is 2. The Labute approximate surface area is 93.4 Å². The van der Waals surface area contributed by atoms with Crippen LogP contribution in [0.3, 0.4) is 0 Å². The lowest BCUT2D eigenvalue weighted by Gasteiger charge is -2.10. The van der Waals surface area contributed by atoms with Crippen LogP contribution in [0.15, 0.2) is 18.2 Å². The molecular weight excluding hydrogens is 210 g/mol. The van der Waals surface area contributed by atoms with Gasteiger partial charge in [-0.2, -0.15) is 0 Å². The molecule has 0 fully saturated rings. The lowest BCUT2D eigenvalue weighted by molar-refractivity contribution is 0.0801. The van der Waals surface area contributed by atoms with Crippen molar-refractivity contribution in [2.75, 3.05) is 13.2 Å². The van der Waals surface area contributed by atoms with Crippen LogP contribution in [0.2, 0.25) is 0 Å². The first-order valence-corrected chi connectivity index (χ1v) is 4.91. The van der Waals surface area contributed by atoms with E-state index in [0.29, 0.717) is 11.1 Å². The van der Waals surface area contributed by atoms with Crippen LogP contribution in [0.1, 0.15) is 15.9 Å². The molecule has 1 unspecified atom stereocenters. The second kappa shape index (κ2) is 5.48. The highest BCUT2D eigenvalue weighted by Gasteiger charge is 2.10. The van der Waals surface area contributed by atoms with Gasteiger partial charge in [-0.15, -0.1) is 0 Å². The van der Waals surface area contributed by atoms with Gasteiger partial charge in [-0.3, -0.25) is 4.79 Å². The molecule has 0 bridgehead atoms. The van der Waals surface area contributed by atoms with E-state index in [1.54, 1.807) is 6.92 Å². The molecule has 0 aliphatic heterocycles. The first-order valence-electron chi connectivity index (χ1n) is 4.91. The summed E-state index contributed by atoms with van der Waals surface area (Å²) in [7, 11) is 0. The Bertz CT molecular complexity index is 378. The number of nitrogens with one attached hydrogen (secondary N) is 1. The number of aliphatic hydroxyl groups is 2. The summed E-state index contributed by atoms with van der Waals surface area (Å²) in [5.41, 5.74) is 1.08. The van der Waals surface area contributed by atoms with Crippen molar-refractivity contribution in [3.63, 3.8) is 0 Å². The number of rotatable bonds is 4. The normalized spacial score (nSPS) is 12.2. The molecule has 0 saturated carbocycles. The minimum Gasteiger partial charge on any atom is -0.508 e. The molecule has 4 N–H and O–H groups in total. The molecule has 1 aromatic rings. The second-order valence-electron chi connectivity index (χ2n) is 3.55. The van der Waals surface area contributed by atoms with Gasteiger partial charge >= 0.3 is 0 Å². The van der Waals surface area contributed by atoms with Crippen LogP contribution in [0.25, 0.3) is 0 Å². The van der Waals surface area contributed by atoms with E-state index in [4.69, 9.17) is 10.2 Å². The van der Waals surface area contributed by atoms with Crippen LogP contribution in [0, 0.1) is 6.92 Å². The smallest absolute Gasteiger partial charge is 0.251 e. The minimum absolute atomic E-state index is 0.00432. The maximum Gasteiger partial charge on any atom is 0.251 e. The highest BCUT2D eigenvalue weighted by Crippen LogP contribution is 2.15. The molecule has 0 heterocycles. The Kier molecular flexibility index (Phi) is 4.28. The number of carbonyl (C=O) groups is 1. The Hall–Kier alpha value is -1.59. The van der Waals surface area contributed by atoms with Crippen molar-refractivity contribution in [3.8, 4) is 5.75 Å². The van der Waals surface area contributed by atoms with Crippen LogP contribution in [-0.2, 0) is 0 Å². The topological polar surface area (TPSA) is 89.8 Å². The van der Waals surface area contributed by atoms with E-state index >= 15 is 0 Å². The van der Waals surface area contributed by atoms with E-state index in [1.807, 2.05) is 0 Å². The van der Waals surface area contributed by atoms with Crippen LogP contribution in [0.5, 0.6) is 5.75 Å². The number of benzene rings is 1. The molecule has 0 aromatic heterocycles. The Morgan fingerprint density at radius 2 is 2.19 bits per heavy atom. The van der Waals surface area contributed by atoms with Gasteiger partial charge in [-0.1, -0.05) is 0 Å². The fourth-order valence-corrected chi connectivity index (χ4v) is 1.27. The zero-order valence-corrected chi connectivity index (χ0v) is 8.97. The summed E-state index contributed by atoms with van der Waals surface area (Å²) in [5, 5.41) is 29.3. The van der Waals surface area contributed by atoms with Gasteiger partial charge in [0.2, 0.25) is 0 Å². The summed E-state index contributed by atoms with van der Waals surface area (Å²) in [6.07, 6.45) is -0.957. The van der Waals surface area contributed by atoms with Crippen molar-refractivity contribution in [3.05, 3.63) is 29.3 Å². The summed E-state index contributed by atoms with van der Waals surface area (Å²) in [6, 6.07) is 4.41. The van der Waals surface area contributed by atoms with Gasteiger partial charge in [0.25, 0.3) is 5.91 Å². The summed E-state index contributed by atoms with van der Waals surface area (Å²) < 4.78 is 0. The van der Waals surface area contributed by atoms with Gasteiger partial charge < -0.3 is 20.6 Å². The van der Waals surface area contributed by atoms with Crippen LogP contribution >= 0.6 is 0 Å². The third-order valence-electron chi connectivity index (χ3n) is 2.16. The summed E-state index contributed by atoms with van der Waals surface area (Å²) in [4.78, 5) is 11.6. The van der Waals surface area contributed by atoms with E-state index in [1.165, 1.54) is 18.2 Å². The monoisotopic (exact) mass is 225 g/mol. The SMILES string of the molecule is Cc1cc(O)ccc1C(=O)NCC(O)CO. The van der Waals surface area contributed by atoms with E-state index in [-0.39, 0.29) is 18.2 Å². The lowest BCUT2D eigenvalue weighted by atomic mass is 10.1. The number of aromatic hydroxyl groups is 1. The molecule has 1 aromatic carbocycles. The maximum absolute atomic E-state index is 11.6. The minimum atomic E-state index is -0.957. The number of phenolic OH excluding ortho intramolecular Hbond substituents is 1. The van der Waals surface area contributed by atoms with Crippen molar-refractivity contribution in [1.82, 2.24) is 5.32 Å². The fraction of sp³-hybridized carbons (Fsp3) is 0.364. The van der Waals surface area contributed by atoms with E-state index in [2.05, 4.69) is 5.32 Å². The number of carbonyl (C=O) groups excluding carboxylic acids is 1. The molecule has 5 heteroatoms. The predicted octanol–water partition coefficient (Wildman–Crippen LogP) is -0.216. The van der Waals surface area contributed by atoms with Gasteiger partial charge in [-0.25, -0.2) is 0 Å². The number of aryl methyl sites for hydroxylation is 1. The molecule has 1 rings (SSSR count). The average Bonchev–Trinajstić information content (AvgIpc) is 2.25. The van der Waals surface area contributed by atoms with E-state index < -0.39 is 12.7 Å². The predicted molar refractivity (Wildman–Crippen MR) is 58.3 cm³/mol. The largest absolute Gasteiger partial charge is 0.508 e. The fourth-order valence-electron chi connectivity index (χ4n) is 1.27. The number of amides is 1.